The van der Waals surface area contributed by atoms with Crippen molar-refractivity contribution < 1.29 is 9.53 Å². The summed E-state index contributed by atoms with van der Waals surface area (Å²) in [7, 11) is 0. The number of amides is 1. The second-order valence-corrected chi connectivity index (χ2v) is 5.71. The zero-order chi connectivity index (χ0) is 17.4. The van der Waals surface area contributed by atoms with Crippen molar-refractivity contribution in [3.05, 3.63) is 59.1 Å². The number of anilines is 1. The fourth-order valence-corrected chi connectivity index (χ4v) is 2.54. The molecule has 2 rings (SSSR count). The highest BCUT2D eigenvalue weighted by Gasteiger charge is 2.13. The van der Waals surface area contributed by atoms with Crippen LogP contribution in [-0.4, -0.2) is 37.0 Å². The Hall–Kier alpha value is -2.04. The highest BCUT2D eigenvalue weighted by Crippen LogP contribution is 2.24. The first-order valence-corrected chi connectivity index (χ1v) is 8.53. The first-order valence-electron chi connectivity index (χ1n) is 8.15. The number of hydrogen-bond donors (Lipinski definition) is 1. The van der Waals surface area contributed by atoms with E-state index in [-0.39, 0.29) is 5.91 Å². The number of nitrogens with one attached hydrogen (secondary N) is 1. The average Bonchev–Trinajstić information content (AvgIpc) is 2.61. The Balaban J connectivity index is 2.05. The van der Waals surface area contributed by atoms with Crippen LogP contribution in [0.4, 0.5) is 5.69 Å². The summed E-state index contributed by atoms with van der Waals surface area (Å²) >= 11 is 6.09. The first-order chi connectivity index (χ1) is 11.7. The van der Waals surface area contributed by atoms with Crippen molar-refractivity contribution in [2.45, 2.75) is 13.8 Å². The maximum absolute atomic E-state index is 12.5. The van der Waals surface area contributed by atoms with Crippen molar-refractivity contribution in [3.8, 4) is 5.75 Å². The number of nitrogens with zero attached hydrogens (tertiary/aromatic N) is 1. The molecule has 0 bridgehead atoms. The zero-order valence-corrected chi connectivity index (χ0v) is 14.8. The van der Waals surface area contributed by atoms with Crippen LogP contribution in [0, 0.1) is 0 Å². The number of hydrogen-bond acceptors (Lipinski definition) is 3. The van der Waals surface area contributed by atoms with Gasteiger partial charge >= 0.3 is 0 Å². The SMILES string of the molecule is CCN(CC)CCOc1ccccc1C(=O)Nc1ccccc1Cl. The lowest BCUT2D eigenvalue weighted by atomic mass is 10.2. The van der Waals surface area contributed by atoms with Gasteiger partial charge in [0.2, 0.25) is 0 Å². The van der Waals surface area contributed by atoms with Gasteiger partial charge in [-0.3, -0.25) is 4.79 Å². The Bertz CT molecular complexity index is 672. The summed E-state index contributed by atoms with van der Waals surface area (Å²) in [6.07, 6.45) is 0. The van der Waals surface area contributed by atoms with E-state index >= 15 is 0 Å². The van der Waals surface area contributed by atoms with Gasteiger partial charge < -0.3 is 15.0 Å². The summed E-state index contributed by atoms with van der Waals surface area (Å²) in [5.74, 6) is 0.343. The lowest BCUT2D eigenvalue weighted by Crippen LogP contribution is -2.28. The molecule has 24 heavy (non-hydrogen) atoms. The number of carbonyl (C=O) groups excluding carboxylic acids is 1. The molecule has 0 atom stereocenters. The quantitative estimate of drug-likeness (QED) is 0.774. The van der Waals surface area contributed by atoms with E-state index in [1.54, 1.807) is 18.2 Å². The van der Waals surface area contributed by atoms with Gasteiger partial charge in [0.15, 0.2) is 0 Å². The molecule has 5 heteroatoms. The minimum atomic E-state index is -0.235. The molecule has 128 valence electrons. The Morgan fingerprint density at radius 2 is 1.75 bits per heavy atom. The molecule has 2 aromatic carbocycles. The van der Waals surface area contributed by atoms with E-state index in [2.05, 4.69) is 24.1 Å². The number of para-hydroxylation sites is 2. The van der Waals surface area contributed by atoms with Gasteiger partial charge in [0.25, 0.3) is 5.91 Å². The summed E-state index contributed by atoms with van der Waals surface area (Å²) < 4.78 is 5.82. The van der Waals surface area contributed by atoms with Crippen LogP contribution >= 0.6 is 11.6 Å². The molecule has 0 saturated carbocycles. The third-order valence-electron chi connectivity index (χ3n) is 3.81. The molecule has 0 unspecified atom stereocenters. The van der Waals surface area contributed by atoms with Gasteiger partial charge in [-0.05, 0) is 37.4 Å². The maximum Gasteiger partial charge on any atom is 0.259 e. The molecule has 0 saturated heterocycles. The molecule has 0 aromatic heterocycles. The predicted molar refractivity (Wildman–Crippen MR) is 99.1 cm³/mol. The summed E-state index contributed by atoms with van der Waals surface area (Å²) in [6.45, 7) is 7.57. The van der Waals surface area contributed by atoms with Gasteiger partial charge in [0, 0.05) is 6.54 Å². The standard InChI is InChI=1S/C19H23ClN2O2/c1-3-22(4-2)13-14-24-18-12-8-5-9-15(18)19(23)21-17-11-7-6-10-16(17)20/h5-12H,3-4,13-14H2,1-2H3,(H,21,23). The van der Waals surface area contributed by atoms with Crippen LogP contribution in [0.25, 0.3) is 0 Å². The number of likely N-dealkylation sites (N-methyl/N-ethyl adjacent to an activating group) is 1. The molecule has 0 heterocycles. The predicted octanol–water partition coefficient (Wildman–Crippen LogP) is 4.31. The zero-order valence-electron chi connectivity index (χ0n) is 14.1. The fourth-order valence-electron chi connectivity index (χ4n) is 2.36. The van der Waals surface area contributed by atoms with Crippen LogP contribution in [0.15, 0.2) is 48.5 Å². The molecule has 1 N–H and O–H groups in total. The van der Waals surface area contributed by atoms with Crippen LogP contribution in [0.2, 0.25) is 5.02 Å². The van der Waals surface area contributed by atoms with Gasteiger partial charge in [0.05, 0.1) is 16.3 Å². The second-order valence-electron chi connectivity index (χ2n) is 5.31. The average molecular weight is 347 g/mol. The van der Waals surface area contributed by atoms with Crippen molar-refractivity contribution in [1.82, 2.24) is 4.90 Å². The molecule has 0 spiro atoms. The highest BCUT2D eigenvalue weighted by atomic mass is 35.5. The second kappa shape index (κ2) is 9.30. The van der Waals surface area contributed by atoms with Crippen LogP contribution < -0.4 is 10.1 Å². The Kier molecular flexibility index (Phi) is 7.09. The maximum atomic E-state index is 12.5. The Labute approximate surface area is 148 Å². The lowest BCUT2D eigenvalue weighted by Gasteiger charge is -2.19. The van der Waals surface area contributed by atoms with Crippen molar-refractivity contribution in [1.29, 1.82) is 0 Å². The Morgan fingerprint density at radius 3 is 2.46 bits per heavy atom. The lowest BCUT2D eigenvalue weighted by molar-refractivity contribution is 0.102. The first kappa shape index (κ1) is 18.3. The molecule has 0 radical (unpaired) electrons. The molecule has 0 aliphatic rings. The smallest absolute Gasteiger partial charge is 0.259 e. The van der Waals surface area contributed by atoms with Crippen molar-refractivity contribution in [3.63, 3.8) is 0 Å². The Morgan fingerprint density at radius 1 is 1.08 bits per heavy atom. The largest absolute Gasteiger partial charge is 0.491 e. The van der Waals surface area contributed by atoms with Crippen molar-refractivity contribution in [2.24, 2.45) is 0 Å². The third-order valence-corrected chi connectivity index (χ3v) is 4.14. The summed E-state index contributed by atoms with van der Waals surface area (Å²) in [6, 6.07) is 14.4. The topological polar surface area (TPSA) is 41.6 Å². The van der Waals surface area contributed by atoms with Crippen LogP contribution in [0.5, 0.6) is 5.75 Å². The number of benzene rings is 2. The molecule has 0 aliphatic heterocycles. The normalized spacial score (nSPS) is 10.7. The number of rotatable bonds is 8. The molecule has 2 aromatic rings. The summed E-state index contributed by atoms with van der Waals surface area (Å²) in [5, 5.41) is 3.33. The fraction of sp³-hybridized carbons (Fsp3) is 0.316. The van der Waals surface area contributed by atoms with E-state index in [1.165, 1.54) is 0 Å². The number of carbonyl (C=O) groups is 1. The van der Waals surface area contributed by atoms with Crippen LogP contribution in [0.3, 0.4) is 0 Å². The van der Waals surface area contributed by atoms with E-state index in [9.17, 15) is 4.79 Å². The van der Waals surface area contributed by atoms with Gasteiger partial charge in [0.1, 0.15) is 12.4 Å². The van der Waals surface area contributed by atoms with Gasteiger partial charge in [-0.25, -0.2) is 0 Å². The summed E-state index contributed by atoms with van der Waals surface area (Å²) in [5.41, 5.74) is 1.08. The number of ether oxygens (including phenoxy) is 1. The van der Waals surface area contributed by atoms with Crippen LogP contribution in [0.1, 0.15) is 24.2 Å². The van der Waals surface area contributed by atoms with E-state index in [1.807, 2.05) is 30.3 Å². The molecule has 1 amide bonds. The highest BCUT2D eigenvalue weighted by molar-refractivity contribution is 6.33. The van der Waals surface area contributed by atoms with Gasteiger partial charge in [-0.15, -0.1) is 0 Å². The van der Waals surface area contributed by atoms with E-state index in [0.29, 0.717) is 28.6 Å². The molecule has 0 aliphatic carbocycles. The summed E-state index contributed by atoms with van der Waals surface area (Å²) in [4.78, 5) is 14.8. The van der Waals surface area contributed by atoms with Gasteiger partial charge in [-0.2, -0.15) is 0 Å². The van der Waals surface area contributed by atoms with Crippen molar-refractivity contribution >= 4 is 23.2 Å². The van der Waals surface area contributed by atoms with E-state index in [0.717, 1.165) is 19.6 Å². The minimum absolute atomic E-state index is 0.235. The molecular formula is C19H23ClN2O2. The van der Waals surface area contributed by atoms with Crippen LogP contribution in [-0.2, 0) is 0 Å². The molecular weight excluding hydrogens is 324 g/mol. The third kappa shape index (κ3) is 4.98. The molecule has 4 nitrogen and oxygen atoms in total. The monoisotopic (exact) mass is 346 g/mol. The number of halogens is 1. The minimum Gasteiger partial charge on any atom is -0.491 e. The van der Waals surface area contributed by atoms with E-state index < -0.39 is 0 Å². The van der Waals surface area contributed by atoms with Gasteiger partial charge in [-0.1, -0.05) is 49.7 Å². The van der Waals surface area contributed by atoms with Crippen molar-refractivity contribution in [2.75, 3.05) is 31.6 Å². The molecule has 0 fully saturated rings. The van der Waals surface area contributed by atoms with E-state index in [4.69, 9.17) is 16.3 Å².